The molecule has 0 atom stereocenters. The molecular weight excluding hydrogens is 333 g/mol. The lowest BCUT2D eigenvalue weighted by molar-refractivity contribution is 0.376. The van der Waals surface area contributed by atoms with Crippen molar-refractivity contribution in [2.24, 2.45) is 0 Å². The largest absolute Gasteiger partial charge is 0.505 e. The molecule has 0 spiro atoms. The van der Waals surface area contributed by atoms with Crippen LogP contribution in [-0.2, 0) is 0 Å². The Labute approximate surface area is 148 Å². The maximum Gasteiger partial charge on any atom is 0.197 e. The molecule has 0 aliphatic heterocycles. The molecule has 1 aromatic heterocycles. The Morgan fingerprint density at radius 3 is 1.58 bits per heavy atom. The van der Waals surface area contributed by atoms with Gasteiger partial charge in [0.15, 0.2) is 28.4 Å². The number of phenolic OH excluding ortho intramolecular Hbond substituents is 4. The van der Waals surface area contributed by atoms with Crippen molar-refractivity contribution in [1.29, 1.82) is 0 Å². The molecule has 0 bridgehead atoms. The van der Waals surface area contributed by atoms with Crippen LogP contribution in [-0.4, -0.2) is 32.8 Å². The molecule has 7 heteroatoms. The maximum absolute atomic E-state index is 12.8. The lowest BCUT2D eigenvalue weighted by Gasteiger charge is -2.19. The Bertz CT molecular complexity index is 1170. The van der Waals surface area contributed by atoms with Crippen molar-refractivity contribution in [3.05, 3.63) is 58.8 Å². The first-order valence-corrected chi connectivity index (χ1v) is 7.92. The number of hydrogen-bond donors (Lipinski definition) is 4. The summed E-state index contributed by atoms with van der Waals surface area (Å²) in [6.45, 7) is 0. The van der Waals surface area contributed by atoms with E-state index in [0.29, 0.717) is 21.8 Å². The Hall–Kier alpha value is -3.61. The third-order valence-electron chi connectivity index (χ3n) is 4.61. The van der Waals surface area contributed by atoms with Crippen LogP contribution in [0.25, 0.3) is 27.5 Å². The molecule has 128 valence electrons. The van der Waals surface area contributed by atoms with Crippen LogP contribution in [0.4, 0.5) is 0 Å². The van der Waals surface area contributed by atoms with Crippen molar-refractivity contribution < 1.29 is 20.4 Å². The first-order chi connectivity index (χ1) is 12.4. The molecule has 0 fully saturated rings. The van der Waals surface area contributed by atoms with Gasteiger partial charge in [0.1, 0.15) is 13.5 Å². The highest BCUT2D eigenvalue weighted by Crippen LogP contribution is 2.44. The number of phenols is 4. The van der Waals surface area contributed by atoms with Gasteiger partial charge < -0.3 is 25.0 Å². The van der Waals surface area contributed by atoms with Crippen LogP contribution in [0, 0.1) is 0 Å². The zero-order valence-corrected chi connectivity index (χ0v) is 13.8. The number of hydrogen-bond acceptors (Lipinski definition) is 5. The summed E-state index contributed by atoms with van der Waals surface area (Å²) in [5.74, 6) is -2.25. The normalized spacial score (nSPS) is 11.2. The average molecular weight is 347 g/mol. The highest BCUT2D eigenvalue weighted by molar-refractivity contribution is 6.37. The molecule has 0 aliphatic carbocycles. The Kier molecular flexibility index (Phi) is 3.33. The van der Waals surface area contributed by atoms with E-state index in [9.17, 15) is 25.2 Å². The lowest BCUT2D eigenvalue weighted by atomic mass is 9.92. The number of pyridine rings is 1. The van der Waals surface area contributed by atoms with Gasteiger partial charge in [-0.05, 0) is 24.3 Å². The van der Waals surface area contributed by atoms with E-state index in [4.69, 9.17) is 0 Å². The molecule has 0 aliphatic rings. The Morgan fingerprint density at radius 2 is 1.12 bits per heavy atom. The molecule has 4 aromatic rings. The fourth-order valence-corrected chi connectivity index (χ4v) is 3.25. The fraction of sp³-hybridized carbons (Fsp3) is 0. The van der Waals surface area contributed by atoms with Gasteiger partial charge in [-0.1, -0.05) is 24.3 Å². The summed E-state index contributed by atoms with van der Waals surface area (Å²) in [7, 11) is 1.37. The number of para-hydroxylation sites is 2. The lowest BCUT2D eigenvalue weighted by Crippen LogP contribution is -2.12. The predicted octanol–water partition coefficient (Wildman–Crippen LogP) is 1.22. The molecule has 0 unspecified atom stereocenters. The molecule has 0 saturated heterocycles. The maximum atomic E-state index is 12.8. The molecule has 0 saturated carbocycles. The van der Waals surface area contributed by atoms with Gasteiger partial charge in [-0.2, -0.15) is 0 Å². The molecule has 4 N–H and O–H groups in total. The number of aromatic nitrogens is 1. The SMILES string of the molecule is Bc1c(O)c(O)c(-n2c3ccccc3c(=O)c3ccccc32)c(O)c1O. The van der Waals surface area contributed by atoms with Crippen LogP contribution < -0.4 is 10.9 Å². The molecule has 3 aromatic carbocycles. The zero-order valence-electron chi connectivity index (χ0n) is 13.8. The molecule has 26 heavy (non-hydrogen) atoms. The van der Waals surface area contributed by atoms with Gasteiger partial charge in [0.25, 0.3) is 0 Å². The molecule has 1 heterocycles. The number of aromatic hydroxyl groups is 4. The monoisotopic (exact) mass is 347 g/mol. The van der Waals surface area contributed by atoms with Crippen molar-refractivity contribution in [1.82, 2.24) is 4.57 Å². The highest BCUT2D eigenvalue weighted by Gasteiger charge is 2.24. The standard InChI is InChI=1S/C19H14BNO5/c20-13-16(23)18(25)14(19(26)17(13)24)21-11-7-3-1-5-9(11)15(22)10-6-2-4-8-12(10)21/h1-8,23-26H,20H2. The summed E-state index contributed by atoms with van der Waals surface area (Å²) in [6.07, 6.45) is 0. The van der Waals surface area contributed by atoms with E-state index < -0.39 is 23.0 Å². The van der Waals surface area contributed by atoms with Crippen molar-refractivity contribution in [2.45, 2.75) is 0 Å². The fourth-order valence-electron chi connectivity index (χ4n) is 3.25. The van der Waals surface area contributed by atoms with Crippen molar-refractivity contribution in [3.63, 3.8) is 0 Å². The minimum atomic E-state index is -0.586. The van der Waals surface area contributed by atoms with E-state index >= 15 is 0 Å². The highest BCUT2D eigenvalue weighted by atomic mass is 16.3. The van der Waals surface area contributed by atoms with Crippen molar-refractivity contribution >= 4 is 35.1 Å². The van der Waals surface area contributed by atoms with Gasteiger partial charge in [0.05, 0.1) is 11.0 Å². The number of benzene rings is 3. The zero-order chi connectivity index (χ0) is 18.6. The van der Waals surface area contributed by atoms with Gasteiger partial charge in [-0.25, -0.2) is 0 Å². The van der Waals surface area contributed by atoms with Gasteiger partial charge in [-0.3, -0.25) is 4.79 Å². The molecule has 0 radical (unpaired) electrons. The summed E-state index contributed by atoms with van der Waals surface area (Å²) in [5, 5.41) is 42.1. The van der Waals surface area contributed by atoms with Gasteiger partial charge in [0, 0.05) is 16.2 Å². The minimum absolute atomic E-state index is 0.0431. The number of nitrogens with zero attached hydrogens (tertiary/aromatic N) is 1. The summed E-state index contributed by atoms with van der Waals surface area (Å²) >= 11 is 0. The number of rotatable bonds is 1. The van der Waals surface area contributed by atoms with E-state index in [1.807, 2.05) is 0 Å². The second kappa shape index (κ2) is 5.45. The van der Waals surface area contributed by atoms with E-state index in [1.165, 1.54) is 12.4 Å². The third-order valence-corrected chi connectivity index (χ3v) is 4.61. The Morgan fingerprint density at radius 1 is 0.692 bits per heavy atom. The second-order valence-corrected chi connectivity index (χ2v) is 6.07. The van der Waals surface area contributed by atoms with Crippen LogP contribution in [0.1, 0.15) is 0 Å². The van der Waals surface area contributed by atoms with Crippen LogP contribution in [0.2, 0.25) is 0 Å². The smallest absolute Gasteiger partial charge is 0.197 e. The summed E-state index contributed by atoms with van der Waals surface area (Å²) in [5.41, 5.74) is 0.414. The topological polar surface area (TPSA) is 103 Å². The van der Waals surface area contributed by atoms with Crippen molar-refractivity contribution in [2.75, 3.05) is 0 Å². The number of fused-ring (bicyclic) bond motifs is 2. The molecule has 4 rings (SSSR count). The van der Waals surface area contributed by atoms with Gasteiger partial charge in [0.2, 0.25) is 0 Å². The average Bonchev–Trinajstić information content (AvgIpc) is 2.67. The molecule has 0 amide bonds. The van der Waals surface area contributed by atoms with E-state index in [0.717, 1.165) is 0 Å². The minimum Gasteiger partial charge on any atom is -0.505 e. The summed E-state index contributed by atoms with van der Waals surface area (Å²) < 4.78 is 1.45. The van der Waals surface area contributed by atoms with E-state index in [2.05, 4.69) is 0 Å². The molecule has 6 nitrogen and oxygen atoms in total. The Balaban J connectivity index is 2.34. The summed E-state index contributed by atoms with van der Waals surface area (Å²) in [6, 6.07) is 13.5. The second-order valence-electron chi connectivity index (χ2n) is 6.07. The van der Waals surface area contributed by atoms with Crippen LogP contribution in [0.15, 0.2) is 53.3 Å². The first-order valence-electron chi connectivity index (χ1n) is 7.92. The van der Waals surface area contributed by atoms with E-state index in [1.54, 1.807) is 48.5 Å². The summed E-state index contributed by atoms with van der Waals surface area (Å²) in [4.78, 5) is 12.8. The van der Waals surface area contributed by atoms with Gasteiger partial charge in [-0.15, -0.1) is 0 Å². The first kappa shape index (κ1) is 15.9. The molecular formula is C19H14BNO5. The van der Waals surface area contributed by atoms with Crippen molar-refractivity contribution in [3.8, 4) is 28.7 Å². The van der Waals surface area contributed by atoms with Crippen LogP contribution in [0.3, 0.4) is 0 Å². The van der Waals surface area contributed by atoms with Gasteiger partial charge >= 0.3 is 0 Å². The quantitative estimate of drug-likeness (QED) is 0.179. The van der Waals surface area contributed by atoms with E-state index in [-0.39, 0.29) is 16.6 Å². The predicted molar refractivity (Wildman–Crippen MR) is 102 cm³/mol. The van der Waals surface area contributed by atoms with Crippen LogP contribution in [0.5, 0.6) is 23.0 Å². The van der Waals surface area contributed by atoms with Crippen LogP contribution >= 0.6 is 0 Å². The third kappa shape index (κ3) is 1.97.